The van der Waals surface area contributed by atoms with Crippen molar-refractivity contribution < 1.29 is 14.3 Å². The van der Waals surface area contributed by atoms with Crippen molar-refractivity contribution in [1.29, 1.82) is 0 Å². The SMILES string of the molecule is CCC(C)NC(=O)CCCc1ccc(OC)c(OC)c1. The standard InChI is InChI=1S/C16H25NO3/c1-5-12(2)17-16(18)8-6-7-13-9-10-14(19-3)15(11-13)20-4/h9-12H,5-8H2,1-4H3,(H,17,18). The Morgan fingerprint density at radius 3 is 2.55 bits per heavy atom. The van der Waals surface area contributed by atoms with Gasteiger partial charge in [0.25, 0.3) is 0 Å². The van der Waals surface area contributed by atoms with Crippen LogP contribution in [0.5, 0.6) is 11.5 Å². The van der Waals surface area contributed by atoms with Crippen LogP contribution in [-0.2, 0) is 11.2 Å². The minimum Gasteiger partial charge on any atom is -0.493 e. The fourth-order valence-corrected chi connectivity index (χ4v) is 1.94. The maximum absolute atomic E-state index is 11.7. The zero-order chi connectivity index (χ0) is 15.0. The molecule has 20 heavy (non-hydrogen) atoms. The highest BCUT2D eigenvalue weighted by molar-refractivity contribution is 5.76. The number of nitrogens with one attached hydrogen (secondary N) is 1. The molecule has 0 heterocycles. The van der Waals surface area contributed by atoms with E-state index in [4.69, 9.17) is 9.47 Å². The molecule has 1 amide bonds. The van der Waals surface area contributed by atoms with Gasteiger partial charge in [-0.3, -0.25) is 4.79 Å². The lowest BCUT2D eigenvalue weighted by Gasteiger charge is -2.12. The van der Waals surface area contributed by atoms with Gasteiger partial charge >= 0.3 is 0 Å². The third kappa shape index (κ3) is 5.11. The fourth-order valence-electron chi connectivity index (χ4n) is 1.94. The average Bonchev–Trinajstić information content (AvgIpc) is 2.46. The number of carbonyl (C=O) groups excluding carboxylic acids is 1. The van der Waals surface area contributed by atoms with Crippen LogP contribution < -0.4 is 14.8 Å². The number of hydrogen-bond donors (Lipinski definition) is 1. The number of rotatable bonds is 8. The van der Waals surface area contributed by atoms with Crippen LogP contribution in [0, 0.1) is 0 Å². The molecular weight excluding hydrogens is 254 g/mol. The fraction of sp³-hybridized carbons (Fsp3) is 0.562. The second-order valence-electron chi connectivity index (χ2n) is 4.92. The molecule has 1 atom stereocenters. The van der Waals surface area contributed by atoms with Crippen molar-refractivity contribution in [3.05, 3.63) is 23.8 Å². The van der Waals surface area contributed by atoms with Crippen molar-refractivity contribution >= 4 is 5.91 Å². The summed E-state index contributed by atoms with van der Waals surface area (Å²) in [5.74, 6) is 1.58. The molecule has 0 fully saturated rings. The Labute approximate surface area is 121 Å². The maximum atomic E-state index is 11.7. The van der Waals surface area contributed by atoms with Gasteiger partial charge < -0.3 is 14.8 Å². The van der Waals surface area contributed by atoms with Crippen molar-refractivity contribution in [2.45, 2.75) is 45.6 Å². The lowest BCUT2D eigenvalue weighted by molar-refractivity contribution is -0.121. The Bertz CT molecular complexity index is 432. The van der Waals surface area contributed by atoms with E-state index < -0.39 is 0 Å². The van der Waals surface area contributed by atoms with Crippen LogP contribution in [0.4, 0.5) is 0 Å². The summed E-state index contributed by atoms with van der Waals surface area (Å²) < 4.78 is 10.5. The van der Waals surface area contributed by atoms with Crippen LogP contribution >= 0.6 is 0 Å². The van der Waals surface area contributed by atoms with E-state index >= 15 is 0 Å². The first-order valence-electron chi connectivity index (χ1n) is 7.11. The van der Waals surface area contributed by atoms with E-state index in [1.165, 1.54) is 0 Å². The summed E-state index contributed by atoms with van der Waals surface area (Å²) in [7, 11) is 3.25. The molecular formula is C16H25NO3. The number of amides is 1. The molecule has 112 valence electrons. The average molecular weight is 279 g/mol. The minimum absolute atomic E-state index is 0.125. The summed E-state index contributed by atoms with van der Waals surface area (Å²) in [6, 6.07) is 6.12. The van der Waals surface area contributed by atoms with Crippen molar-refractivity contribution in [1.82, 2.24) is 5.32 Å². The van der Waals surface area contributed by atoms with E-state index in [0.717, 1.165) is 36.3 Å². The molecule has 1 rings (SSSR count). The summed E-state index contributed by atoms with van der Waals surface area (Å²) in [6.07, 6.45) is 3.20. The molecule has 4 heteroatoms. The maximum Gasteiger partial charge on any atom is 0.220 e. The summed E-state index contributed by atoms with van der Waals surface area (Å²) in [6.45, 7) is 4.08. The van der Waals surface area contributed by atoms with Crippen molar-refractivity contribution in [2.75, 3.05) is 14.2 Å². The van der Waals surface area contributed by atoms with Crippen LogP contribution in [0.25, 0.3) is 0 Å². The molecule has 1 aromatic rings. The highest BCUT2D eigenvalue weighted by atomic mass is 16.5. The van der Waals surface area contributed by atoms with E-state index in [0.29, 0.717) is 6.42 Å². The summed E-state index contributed by atoms with van der Waals surface area (Å²) >= 11 is 0. The van der Waals surface area contributed by atoms with Gasteiger partial charge in [-0.2, -0.15) is 0 Å². The lowest BCUT2D eigenvalue weighted by atomic mass is 10.1. The highest BCUT2D eigenvalue weighted by Gasteiger charge is 2.07. The summed E-state index contributed by atoms with van der Waals surface area (Å²) in [5, 5.41) is 2.97. The predicted molar refractivity (Wildman–Crippen MR) is 80.4 cm³/mol. The van der Waals surface area contributed by atoms with E-state index in [9.17, 15) is 4.79 Å². The van der Waals surface area contributed by atoms with Gasteiger partial charge in [0, 0.05) is 12.5 Å². The van der Waals surface area contributed by atoms with Gasteiger partial charge in [0.1, 0.15) is 0 Å². The highest BCUT2D eigenvalue weighted by Crippen LogP contribution is 2.28. The van der Waals surface area contributed by atoms with Gasteiger partial charge in [0.2, 0.25) is 5.91 Å². The van der Waals surface area contributed by atoms with Gasteiger partial charge in [0.15, 0.2) is 11.5 Å². The van der Waals surface area contributed by atoms with Crippen LogP contribution in [0.3, 0.4) is 0 Å². The number of aryl methyl sites for hydroxylation is 1. The van der Waals surface area contributed by atoms with Crippen LogP contribution in [0.2, 0.25) is 0 Å². The number of ether oxygens (including phenoxy) is 2. The molecule has 0 aliphatic rings. The molecule has 0 saturated heterocycles. The molecule has 0 saturated carbocycles. The van der Waals surface area contributed by atoms with Crippen molar-refractivity contribution in [3.63, 3.8) is 0 Å². The Morgan fingerprint density at radius 2 is 1.95 bits per heavy atom. The zero-order valence-electron chi connectivity index (χ0n) is 12.9. The quantitative estimate of drug-likeness (QED) is 0.796. The molecule has 1 unspecified atom stereocenters. The van der Waals surface area contributed by atoms with Gasteiger partial charge in [0.05, 0.1) is 14.2 Å². The molecule has 0 aliphatic heterocycles. The first-order chi connectivity index (χ1) is 9.60. The second kappa shape index (κ2) is 8.46. The molecule has 0 aromatic heterocycles. The number of benzene rings is 1. The third-order valence-electron chi connectivity index (χ3n) is 3.34. The summed E-state index contributed by atoms with van der Waals surface area (Å²) in [4.78, 5) is 11.7. The number of methoxy groups -OCH3 is 2. The number of carbonyl (C=O) groups is 1. The number of hydrogen-bond acceptors (Lipinski definition) is 3. The Morgan fingerprint density at radius 1 is 1.25 bits per heavy atom. The Kier molecular flexibility index (Phi) is 6.91. The minimum atomic E-state index is 0.125. The molecule has 0 radical (unpaired) electrons. The molecule has 0 bridgehead atoms. The third-order valence-corrected chi connectivity index (χ3v) is 3.34. The van der Waals surface area contributed by atoms with Crippen LogP contribution in [0.1, 0.15) is 38.7 Å². The zero-order valence-corrected chi connectivity index (χ0v) is 12.9. The van der Waals surface area contributed by atoms with Gasteiger partial charge in [-0.1, -0.05) is 13.0 Å². The van der Waals surface area contributed by atoms with Crippen LogP contribution in [0.15, 0.2) is 18.2 Å². The molecule has 1 aromatic carbocycles. The molecule has 1 N–H and O–H groups in total. The smallest absolute Gasteiger partial charge is 0.220 e. The monoisotopic (exact) mass is 279 g/mol. The Balaban J connectivity index is 2.44. The van der Waals surface area contributed by atoms with Crippen molar-refractivity contribution in [2.24, 2.45) is 0 Å². The van der Waals surface area contributed by atoms with Gasteiger partial charge in [-0.25, -0.2) is 0 Å². The van der Waals surface area contributed by atoms with E-state index in [1.54, 1.807) is 14.2 Å². The summed E-state index contributed by atoms with van der Waals surface area (Å²) in [5.41, 5.74) is 1.15. The lowest BCUT2D eigenvalue weighted by Crippen LogP contribution is -2.31. The molecule has 0 spiro atoms. The molecule has 0 aliphatic carbocycles. The Hall–Kier alpha value is -1.71. The first-order valence-corrected chi connectivity index (χ1v) is 7.11. The van der Waals surface area contributed by atoms with E-state index in [2.05, 4.69) is 12.2 Å². The van der Waals surface area contributed by atoms with Crippen LogP contribution in [-0.4, -0.2) is 26.2 Å². The normalized spacial score (nSPS) is 11.8. The van der Waals surface area contributed by atoms with E-state index in [1.807, 2.05) is 25.1 Å². The van der Waals surface area contributed by atoms with Crippen molar-refractivity contribution in [3.8, 4) is 11.5 Å². The van der Waals surface area contributed by atoms with Gasteiger partial charge in [-0.15, -0.1) is 0 Å². The van der Waals surface area contributed by atoms with E-state index in [-0.39, 0.29) is 11.9 Å². The predicted octanol–water partition coefficient (Wildman–Crippen LogP) is 2.94. The van der Waals surface area contributed by atoms with Gasteiger partial charge in [-0.05, 0) is 43.9 Å². The molecule has 4 nitrogen and oxygen atoms in total. The largest absolute Gasteiger partial charge is 0.493 e. The first kappa shape index (κ1) is 16.3. The second-order valence-corrected chi connectivity index (χ2v) is 4.92. The topological polar surface area (TPSA) is 47.6 Å².